The fraction of sp³-hybridized carbons (Fsp3) is 0.125. The summed E-state index contributed by atoms with van der Waals surface area (Å²) >= 11 is 0. The molecule has 7 aromatic carbocycles. The van der Waals surface area contributed by atoms with E-state index in [1.54, 1.807) is 0 Å². The second-order valence-corrected chi connectivity index (χ2v) is 13.9. The number of rotatable bonds is 5. The van der Waals surface area contributed by atoms with Crippen LogP contribution in [0.1, 0.15) is 50.1 Å². The van der Waals surface area contributed by atoms with E-state index in [2.05, 4.69) is 162 Å². The maximum Gasteiger partial charge on any atom is 0.489 e. The Hall–Kier alpha value is -5.48. The molecule has 51 heavy (non-hydrogen) atoms. The van der Waals surface area contributed by atoms with Crippen molar-refractivity contribution in [3.8, 4) is 33.4 Å². The van der Waals surface area contributed by atoms with Gasteiger partial charge in [0, 0.05) is 0 Å². The van der Waals surface area contributed by atoms with Crippen molar-refractivity contribution >= 4 is 12.6 Å². The van der Waals surface area contributed by atoms with Crippen LogP contribution in [-0.2, 0) is 5.41 Å². The molecule has 7 aromatic rings. The van der Waals surface area contributed by atoms with Gasteiger partial charge in [-0.3, -0.25) is 0 Å². The van der Waals surface area contributed by atoms with Crippen molar-refractivity contribution in [1.82, 2.24) is 0 Å². The topological polar surface area (TPSA) is 40.5 Å². The number of aryl methyl sites for hydroxylation is 5. The SMILES string of the molecule is Cc1ccc(C2(c3ccc(C)cc3)c3ccc(-c4ccc(C)c(-c5ccccc5C)c4)cc3-c3c(B(O)O)cccc32)cc1.Cc1ccccc1. The number of hydrogen-bond donors (Lipinski definition) is 2. The predicted molar refractivity (Wildman–Crippen MR) is 215 cm³/mol. The van der Waals surface area contributed by atoms with Crippen molar-refractivity contribution in [1.29, 1.82) is 0 Å². The summed E-state index contributed by atoms with van der Waals surface area (Å²) in [7, 11) is -1.60. The lowest BCUT2D eigenvalue weighted by Crippen LogP contribution is -2.33. The molecule has 0 radical (unpaired) electrons. The lowest BCUT2D eigenvalue weighted by molar-refractivity contribution is 0.426. The Labute approximate surface area is 302 Å². The molecule has 1 aliphatic rings. The second-order valence-electron chi connectivity index (χ2n) is 13.9. The summed E-state index contributed by atoms with van der Waals surface area (Å²) < 4.78 is 0. The summed E-state index contributed by atoms with van der Waals surface area (Å²) in [6, 6.07) is 55.7. The highest BCUT2D eigenvalue weighted by Gasteiger charge is 2.47. The molecule has 0 heterocycles. The van der Waals surface area contributed by atoms with Crippen molar-refractivity contribution in [2.24, 2.45) is 0 Å². The molecule has 0 saturated carbocycles. The minimum absolute atomic E-state index is 0.520. The number of fused-ring (bicyclic) bond motifs is 3. The first-order chi connectivity index (χ1) is 24.7. The zero-order valence-corrected chi connectivity index (χ0v) is 30.0. The highest BCUT2D eigenvalue weighted by molar-refractivity contribution is 6.60. The van der Waals surface area contributed by atoms with Gasteiger partial charge in [0.05, 0.1) is 5.41 Å². The summed E-state index contributed by atoms with van der Waals surface area (Å²) in [5.74, 6) is 0. The third-order valence-electron chi connectivity index (χ3n) is 10.4. The van der Waals surface area contributed by atoms with E-state index >= 15 is 0 Å². The van der Waals surface area contributed by atoms with Crippen molar-refractivity contribution in [3.05, 3.63) is 208 Å². The van der Waals surface area contributed by atoms with Crippen LogP contribution in [0.4, 0.5) is 0 Å². The van der Waals surface area contributed by atoms with Crippen LogP contribution >= 0.6 is 0 Å². The highest BCUT2D eigenvalue weighted by atomic mass is 16.4. The molecular weight excluding hydrogens is 619 g/mol. The van der Waals surface area contributed by atoms with E-state index in [-0.39, 0.29) is 0 Å². The standard InChI is InChI=1S/C41H35BO2.C7H8/c1-26-12-19-32(20-13-26)41(33-21-14-27(2)15-22-33)37-23-18-31(25-36(37)40-38(41)10-7-11-39(40)42(43)44)30-17-16-29(4)35(24-30)34-9-6-5-8-28(34)3;1-7-5-3-2-4-6-7/h5-25,43-44H,1-4H3;2-6H,1H3. The molecule has 1 aliphatic carbocycles. The van der Waals surface area contributed by atoms with Crippen LogP contribution in [0.3, 0.4) is 0 Å². The summed E-state index contributed by atoms with van der Waals surface area (Å²) in [4.78, 5) is 0. The molecular formula is C48H43BO2. The molecule has 0 spiro atoms. The van der Waals surface area contributed by atoms with Gasteiger partial charge in [-0.05, 0) is 119 Å². The van der Waals surface area contributed by atoms with Gasteiger partial charge in [-0.15, -0.1) is 0 Å². The monoisotopic (exact) mass is 662 g/mol. The summed E-state index contributed by atoms with van der Waals surface area (Å²) in [6.07, 6.45) is 0. The van der Waals surface area contributed by atoms with Gasteiger partial charge in [0.15, 0.2) is 0 Å². The molecule has 0 saturated heterocycles. The fourth-order valence-electron chi connectivity index (χ4n) is 7.70. The van der Waals surface area contributed by atoms with Crippen molar-refractivity contribution in [3.63, 3.8) is 0 Å². The van der Waals surface area contributed by atoms with Gasteiger partial charge < -0.3 is 10.0 Å². The van der Waals surface area contributed by atoms with Gasteiger partial charge in [0.2, 0.25) is 0 Å². The lowest BCUT2D eigenvalue weighted by Gasteiger charge is -2.34. The Bertz CT molecular complexity index is 2280. The third kappa shape index (κ3) is 6.25. The average molecular weight is 663 g/mol. The molecule has 3 heteroatoms. The van der Waals surface area contributed by atoms with Gasteiger partial charge >= 0.3 is 7.12 Å². The summed E-state index contributed by atoms with van der Waals surface area (Å²) in [5.41, 5.74) is 17.2. The molecule has 0 unspecified atom stereocenters. The van der Waals surface area contributed by atoms with Crippen LogP contribution in [0, 0.1) is 34.6 Å². The minimum Gasteiger partial charge on any atom is -0.423 e. The summed E-state index contributed by atoms with van der Waals surface area (Å²) in [5, 5.41) is 21.3. The maximum atomic E-state index is 10.7. The Morgan fingerprint density at radius 2 is 0.941 bits per heavy atom. The molecule has 0 amide bonds. The molecule has 2 nitrogen and oxygen atoms in total. The van der Waals surface area contributed by atoms with Crippen molar-refractivity contribution < 1.29 is 10.0 Å². The molecule has 0 atom stereocenters. The van der Waals surface area contributed by atoms with Gasteiger partial charge in [0.1, 0.15) is 0 Å². The van der Waals surface area contributed by atoms with E-state index in [0.29, 0.717) is 5.46 Å². The quantitative estimate of drug-likeness (QED) is 0.180. The Morgan fingerprint density at radius 1 is 0.412 bits per heavy atom. The predicted octanol–water partition coefficient (Wildman–Crippen LogP) is 10.3. The highest BCUT2D eigenvalue weighted by Crippen LogP contribution is 2.56. The summed E-state index contributed by atoms with van der Waals surface area (Å²) in [6.45, 7) is 10.6. The second kappa shape index (κ2) is 14.0. The van der Waals surface area contributed by atoms with Gasteiger partial charge in [-0.2, -0.15) is 0 Å². The van der Waals surface area contributed by atoms with E-state index in [0.717, 1.165) is 44.5 Å². The first-order valence-corrected chi connectivity index (χ1v) is 17.7. The van der Waals surface area contributed by atoms with Crippen LogP contribution < -0.4 is 5.46 Å². The van der Waals surface area contributed by atoms with Crippen LogP contribution in [0.25, 0.3) is 33.4 Å². The first-order valence-electron chi connectivity index (χ1n) is 17.7. The van der Waals surface area contributed by atoms with Crippen LogP contribution in [0.5, 0.6) is 0 Å². The van der Waals surface area contributed by atoms with Crippen LogP contribution in [0.15, 0.2) is 158 Å². The van der Waals surface area contributed by atoms with Crippen LogP contribution in [0.2, 0.25) is 0 Å². The Balaban J connectivity index is 0.000000520. The zero-order chi connectivity index (χ0) is 35.7. The van der Waals surface area contributed by atoms with Crippen LogP contribution in [-0.4, -0.2) is 17.2 Å². The van der Waals surface area contributed by atoms with E-state index in [1.807, 2.05) is 30.3 Å². The van der Waals surface area contributed by atoms with Crippen molar-refractivity contribution in [2.45, 2.75) is 40.0 Å². The lowest BCUT2D eigenvalue weighted by atomic mass is 9.66. The van der Waals surface area contributed by atoms with Gasteiger partial charge in [-0.1, -0.05) is 162 Å². The minimum atomic E-state index is -1.60. The van der Waals surface area contributed by atoms with E-state index < -0.39 is 12.5 Å². The molecule has 0 fully saturated rings. The van der Waals surface area contributed by atoms with E-state index in [4.69, 9.17) is 0 Å². The van der Waals surface area contributed by atoms with Gasteiger partial charge in [0.25, 0.3) is 0 Å². The largest absolute Gasteiger partial charge is 0.489 e. The number of benzene rings is 7. The third-order valence-corrected chi connectivity index (χ3v) is 10.4. The number of hydrogen-bond acceptors (Lipinski definition) is 2. The molecule has 0 aromatic heterocycles. The molecule has 0 aliphatic heterocycles. The maximum absolute atomic E-state index is 10.7. The van der Waals surface area contributed by atoms with E-state index in [9.17, 15) is 10.0 Å². The smallest absolute Gasteiger partial charge is 0.423 e. The molecule has 250 valence electrons. The normalized spacial score (nSPS) is 12.4. The van der Waals surface area contributed by atoms with Gasteiger partial charge in [-0.25, -0.2) is 0 Å². The Kier molecular flexibility index (Phi) is 9.36. The fourth-order valence-corrected chi connectivity index (χ4v) is 7.70. The van der Waals surface area contributed by atoms with E-state index in [1.165, 1.54) is 38.9 Å². The van der Waals surface area contributed by atoms with Crippen molar-refractivity contribution in [2.75, 3.05) is 0 Å². The first kappa shape index (κ1) is 34.0. The zero-order valence-electron chi connectivity index (χ0n) is 30.0. The molecule has 0 bridgehead atoms. The molecule has 8 rings (SSSR count). The molecule has 2 N–H and O–H groups in total. The Morgan fingerprint density at radius 3 is 1.51 bits per heavy atom. The average Bonchev–Trinajstić information content (AvgIpc) is 3.44.